The van der Waals surface area contributed by atoms with Crippen molar-refractivity contribution < 1.29 is 9.55 Å². The van der Waals surface area contributed by atoms with Gasteiger partial charge in [0.2, 0.25) is 0 Å². The molecular weight excluding hydrogens is 96.0 g/mol. The van der Waals surface area contributed by atoms with E-state index in [2.05, 4.69) is 5.32 Å². The number of amides is 2. The van der Waals surface area contributed by atoms with Gasteiger partial charge in [-0.25, -0.2) is 5.32 Å². The topological polar surface area (TPSA) is 49.2 Å². The normalized spacial score (nSPS) is 20.0. The van der Waals surface area contributed by atoms with Crippen LogP contribution in [0.15, 0.2) is 0 Å². The van der Waals surface area contributed by atoms with Gasteiger partial charge in [-0.05, 0) is 0 Å². The van der Waals surface area contributed by atoms with Crippen molar-refractivity contribution in [3.8, 4) is 0 Å². The molecule has 1 aliphatic rings. The number of rotatable bonds is 0. The van der Waals surface area contributed by atoms with Crippen molar-refractivity contribution >= 4 is 6.03 Å². The number of hydrogen-bond donors (Lipinski definition) is 1. The summed E-state index contributed by atoms with van der Waals surface area (Å²) in [4.78, 5) is 20.2. The molecule has 0 saturated carbocycles. The van der Waals surface area contributed by atoms with Gasteiger partial charge >= 0.3 is 6.03 Å². The molecule has 7 heavy (non-hydrogen) atoms. The molecule has 0 radical (unpaired) electrons. The van der Waals surface area contributed by atoms with E-state index < -0.39 is 6.03 Å². The van der Waals surface area contributed by atoms with E-state index in [-0.39, 0.29) is 0 Å². The predicted octanol–water partition coefficient (Wildman–Crippen LogP) is -0.511. The number of nitrogens with one attached hydrogen (secondary N) is 1. The van der Waals surface area contributed by atoms with Crippen LogP contribution in [0.4, 0.5) is 4.79 Å². The summed E-state index contributed by atoms with van der Waals surface area (Å²) in [6.45, 7) is 0.779. The maximum Gasteiger partial charge on any atom is 0.529 e. The van der Waals surface area contributed by atoms with Gasteiger partial charge in [0.1, 0.15) is 6.54 Å². The van der Waals surface area contributed by atoms with Crippen molar-refractivity contribution in [2.24, 2.45) is 0 Å². The third kappa shape index (κ3) is 0.581. The smallest absolute Gasteiger partial charge is 0.231 e. The standard InChI is InChI=1S/C3H4N2O2/c6-3-4-1-2-5(3)7/h1-2H2/p+1. The Hall–Kier alpha value is -0.930. The first-order valence-corrected chi connectivity index (χ1v) is 2.03. The molecule has 4 heteroatoms. The van der Waals surface area contributed by atoms with Gasteiger partial charge in [0.05, 0.1) is 0 Å². The van der Waals surface area contributed by atoms with Crippen molar-refractivity contribution in [3.63, 3.8) is 0 Å². The molecule has 0 aromatic rings. The Kier molecular flexibility index (Phi) is 0.780. The highest BCUT2D eigenvalue weighted by molar-refractivity contribution is 5.65. The Morgan fingerprint density at radius 2 is 2.43 bits per heavy atom. The fraction of sp³-hybridized carbons (Fsp3) is 0.667. The van der Waals surface area contributed by atoms with Gasteiger partial charge in [-0.15, -0.1) is 0 Å². The first kappa shape index (κ1) is 4.23. The van der Waals surface area contributed by atoms with Crippen LogP contribution in [-0.2, 0) is 0 Å². The first-order valence-electron chi connectivity index (χ1n) is 2.03. The van der Waals surface area contributed by atoms with E-state index in [1.165, 1.54) is 0 Å². The molecule has 1 rings (SSSR count). The third-order valence-electron chi connectivity index (χ3n) is 0.818. The Morgan fingerprint density at radius 1 is 1.71 bits per heavy atom. The molecule has 0 aliphatic carbocycles. The number of carbonyl (C=O) groups is 1. The lowest BCUT2D eigenvalue weighted by molar-refractivity contribution is -0.431. The highest BCUT2D eigenvalue weighted by atomic mass is 16.3. The molecule has 0 unspecified atom stereocenters. The van der Waals surface area contributed by atoms with Crippen molar-refractivity contribution in [2.75, 3.05) is 13.1 Å². The zero-order valence-electron chi connectivity index (χ0n) is 3.68. The summed E-state index contributed by atoms with van der Waals surface area (Å²) in [5, 5.41) is 2.34. The number of hydrogen-bond acceptors (Lipinski definition) is 2. The highest BCUT2D eigenvalue weighted by Gasteiger charge is 2.26. The van der Waals surface area contributed by atoms with Crippen molar-refractivity contribution in [1.29, 1.82) is 0 Å². The summed E-state index contributed by atoms with van der Waals surface area (Å²) in [5.41, 5.74) is 0. The predicted molar refractivity (Wildman–Crippen MR) is 21.9 cm³/mol. The van der Waals surface area contributed by atoms with E-state index >= 15 is 0 Å². The maximum atomic E-state index is 10.1. The van der Waals surface area contributed by atoms with Crippen molar-refractivity contribution in [1.82, 2.24) is 5.32 Å². The maximum absolute atomic E-state index is 10.1. The van der Waals surface area contributed by atoms with Gasteiger partial charge in [-0.2, -0.15) is 4.79 Å². The average molecular weight is 101 g/mol. The number of nitroso groups, excluding NO2 is 1. The lowest BCUT2D eigenvalue weighted by Gasteiger charge is -1.68. The minimum absolute atomic E-state index is 0.291. The van der Waals surface area contributed by atoms with Crippen LogP contribution in [0.1, 0.15) is 0 Å². The number of nitrogens with zero attached hydrogens (tertiary/aromatic N) is 1. The van der Waals surface area contributed by atoms with Crippen molar-refractivity contribution in [3.05, 3.63) is 4.91 Å². The Morgan fingerprint density at radius 3 is 2.57 bits per heavy atom. The van der Waals surface area contributed by atoms with Gasteiger partial charge in [0, 0.05) is 4.76 Å². The van der Waals surface area contributed by atoms with E-state index in [9.17, 15) is 9.70 Å². The third-order valence-corrected chi connectivity index (χ3v) is 0.818. The fourth-order valence-electron chi connectivity index (χ4n) is 0.454. The molecule has 38 valence electrons. The largest absolute Gasteiger partial charge is 0.529 e. The second-order valence-corrected chi connectivity index (χ2v) is 1.33. The summed E-state index contributed by atoms with van der Waals surface area (Å²) in [6, 6.07) is -0.514. The second kappa shape index (κ2) is 1.29. The minimum atomic E-state index is -0.514. The monoisotopic (exact) mass is 101 g/mol. The van der Waals surface area contributed by atoms with Crippen LogP contribution >= 0.6 is 0 Å². The van der Waals surface area contributed by atoms with Gasteiger partial charge in [0.15, 0.2) is 6.54 Å². The molecule has 1 saturated heterocycles. The number of carbonyl (C=O) groups excluding carboxylic acids is 1. The Labute approximate surface area is 40.1 Å². The first-order chi connectivity index (χ1) is 3.30. The minimum Gasteiger partial charge on any atom is -0.231 e. The average Bonchev–Trinajstić information content (AvgIpc) is 1.91. The second-order valence-electron chi connectivity index (χ2n) is 1.33. The molecule has 1 N–H and O–H groups in total. The van der Waals surface area contributed by atoms with Gasteiger partial charge in [-0.3, -0.25) is 0 Å². The summed E-state index contributed by atoms with van der Waals surface area (Å²) in [5.74, 6) is 0. The molecule has 1 fully saturated rings. The molecule has 0 bridgehead atoms. The molecule has 0 atom stereocenters. The lowest BCUT2D eigenvalue weighted by Crippen LogP contribution is -2.16. The zero-order valence-corrected chi connectivity index (χ0v) is 3.68. The molecule has 0 aromatic heterocycles. The van der Waals surface area contributed by atoms with Gasteiger partial charge in [-0.1, -0.05) is 4.91 Å². The molecule has 0 aromatic carbocycles. The summed E-state index contributed by atoms with van der Waals surface area (Å²) < 4.78 is 0.403. The van der Waals surface area contributed by atoms with Gasteiger partial charge in [0.25, 0.3) is 0 Å². The number of urea groups is 1. The molecule has 4 nitrogen and oxygen atoms in total. The van der Waals surface area contributed by atoms with Crippen LogP contribution < -0.4 is 5.32 Å². The van der Waals surface area contributed by atoms with E-state index in [1.807, 2.05) is 0 Å². The van der Waals surface area contributed by atoms with Crippen LogP contribution in [0.5, 0.6) is 0 Å². The molecular formula is C3H5N2O2+. The SMILES string of the molecule is O=C1NCC[N+]1=O. The van der Waals surface area contributed by atoms with Crippen molar-refractivity contribution in [2.45, 2.75) is 0 Å². The summed E-state index contributed by atoms with van der Waals surface area (Å²) >= 11 is 0. The van der Waals surface area contributed by atoms with Gasteiger partial charge < -0.3 is 0 Å². The highest BCUT2D eigenvalue weighted by Crippen LogP contribution is 1.82. The zero-order chi connectivity index (χ0) is 5.28. The van der Waals surface area contributed by atoms with E-state index in [0.717, 1.165) is 0 Å². The molecule has 1 heterocycles. The van der Waals surface area contributed by atoms with Crippen LogP contribution in [0.3, 0.4) is 0 Å². The molecule has 0 spiro atoms. The fourth-order valence-corrected chi connectivity index (χ4v) is 0.454. The van der Waals surface area contributed by atoms with Crippen LogP contribution in [-0.4, -0.2) is 23.9 Å². The Balaban J connectivity index is 2.65. The van der Waals surface area contributed by atoms with Crippen LogP contribution in [0, 0.1) is 4.91 Å². The Bertz CT molecular complexity index is 106. The van der Waals surface area contributed by atoms with E-state index in [1.54, 1.807) is 0 Å². The van der Waals surface area contributed by atoms with Crippen LogP contribution in [0.25, 0.3) is 0 Å². The summed E-state index contributed by atoms with van der Waals surface area (Å²) in [6.07, 6.45) is 0. The van der Waals surface area contributed by atoms with Crippen LogP contribution in [0.2, 0.25) is 0 Å². The van der Waals surface area contributed by atoms with E-state index in [0.29, 0.717) is 17.8 Å². The quantitative estimate of drug-likeness (QED) is 0.418. The molecule has 2 amide bonds. The molecule has 1 aliphatic heterocycles. The summed E-state index contributed by atoms with van der Waals surface area (Å²) in [7, 11) is 0. The lowest BCUT2D eigenvalue weighted by atomic mass is 10.7. The van der Waals surface area contributed by atoms with E-state index in [4.69, 9.17) is 0 Å².